The summed E-state index contributed by atoms with van der Waals surface area (Å²) in [6.07, 6.45) is 2.10. The predicted molar refractivity (Wildman–Crippen MR) is 183 cm³/mol. The molecule has 1 saturated heterocycles. The van der Waals surface area contributed by atoms with E-state index >= 15 is 0 Å². The number of aromatic amines is 1. The standard InChI is InChI=1S/C37H29F3N6O4S/c1-17-12-20-14-28(51-33(20)34(41-17)43-25-9-5-19-13-23(39)24(40)15-22(19)25)30-29(35-44-45-37(48)50-35)26(8-4-18-2-6-21(38)7-3-18)42-32-27-16-49-11-10-46(27)36(47)31(30)32/h2-3,6-7,12-15,25,27H,4-5,8-11,16H2,1H3,(H,41,43)(H,45,48)/t25-,27-/m0/s1. The summed E-state index contributed by atoms with van der Waals surface area (Å²) in [4.78, 5) is 39.0. The first-order chi connectivity index (χ1) is 24.7. The number of hydrogen-bond donors (Lipinski definition) is 2. The molecule has 1 aliphatic carbocycles. The van der Waals surface area contributed by atoms with Gasteiger partial charge in [-0.15, -0.1) is 16.4 Å². The maximum atomic E-state index is 14.3. The van der Waals surface area contributed by atoms with Gasteiger partial charge in [0.2, 0.25) is 0 Å². The fourth-order valence-corrected chi connectivity index (χ4v) is 8.70. The van der Waals surface area contributed by atoms with Crippen molar-refractivity contribution >= 4 is 33.1 Å². The summed E-state index contributed by atoms with van der Waals surface area (Å²) in [6, 6.07) is 12.0. The van der Waals surface area contributed by atoms with E-state index in [9.17, 15) is 22.8 Å². The minimum absolute atomic E-state index is 0.00439. The summed E-state index contributed by atoms with van der Waals surface area (Å²) in [6.45, 7) is 2.96. The molecule has 0 spiro atoms. The maximum absolute atomic E-state index is 14.3. The van der Waals surface area contributed by atoms with Crippen LogP contribution in [0.15, 0.2) is 57.7 Å². The molecular formula is C37H29F3N6O4S. The quantitative estimate of drug-likeness (QED) is 0.185. The molecule has 10 nitrogen and oxygen atoms in total. The topological polar surface area (TPSA) is 126 Å². The number of aryl methyl sites for hydroxylation is 4. The Morgan fingerprint density at radius 3 is 2.63 bits per heavy atom. The highest BCUT2D eigenvalue weighted by molar-refractivity contribution is 7.23. The number of pyridine rings is 2. The molecule has 2 atom stereocenters. The van der Waals surface area contributed by atoms with Crippen LogP contribution in [0.3, 0.4) is 0 Å². The molecule has 258 valence electrons. The fourth-order valence-electron chi connectivity index (χ4n) is 7.55. The summed E-state index contributed by atoms with van der Waals surface area (Å²) >= 11 is 1.41. The van der Waals surface area contributed by atoms with Gasteiger partial charge in [-0.25, -0.2) is 28.0 Å². The number of benzene rings is 2. The number of anilines is 1. The lowest BCUT2D eigenvalue weighted by atomic mass is 9.93. The van der Waals surface area contributed by atoms with E-state index < -0.39 is 23.4 Å². The number of hydrogen-bond acceptors (Lipinski definition) is 9. The number of amides is 1. The van der Waals surface area contributed by atoms with E-state index in [-0.39, 0.29) is 30.3 Å². The lowest BCUT2D eigenvalue weighted by Crippen LogP contribution is -2.38. The molecule has 14 heteroatoms. The maximum Gasteiger partial charge on any atom is 0.434 e. The van der Waals surface area contributed by atoms with Gasteiger partial charge in [0.05, 0.1) is 52.5 Å². The van der Waals surface area contributed by atoms with Crippen molar-refractivity contribution in [2.45, 2.75) is 44.7 Å². The summed E-state index contributed by atoms with van der Waals surface area (Å²) < 4.78 is 54.2. The number of ether oxygens (including phenoxy) is 1. The van der Waals surface area contributed by atoms with Gasteiger partial charge >= 0.3 is 5.76 Å². The number of fused-ring (bicyclic) bond motifs is 5. The molecular weight excluding hydrogens is 682 g/mol. The minimum atomic E-state index is -0.895. The molecule has 2 aliphatic heterocycles. The van der Waals surface area contributed by atoms with Crippen LogP contribution in [0.2, 0.25) is 0 Å². The Labute approximate surface area is 292 Å². The van der Waals surface area contributed by atoms with Gasteiger partial charge in [-0.1, -0.05) is 12.1 Å². The molecule has 9 rings (SSSR count). The Morgan fingerprint density at radius 2 is 1.82 bits per heavy atom. The molecule has 0 saturated carbocycles. The molecule has 0 bridgehead atoms. The molecule has 1 fully saturated rings. The lowest BCUT2D eigenvalue weighted by molar-refractivity contribution is 0.00352. The van der Waals surface area contributed by atoms with Gasteiger partial charge in [0.15, 0.2) is 11.6 Å². The number of aromatic nitrogens is 4. The number of halogens is 3. The average Bonchev–Trinajstić information content (AvgIpc) is 3.90. The van der Waals surface area contributed by atoms with E-state index in [2.05, 4.69) is 15.5 Å². The van der Waals surface area contributed by atoms with E-state index in [1.54, 1.807) is 17.0 Å². The second-order valence-corrected chi connectivity index (χ2v) is 14.1. The zero-order chi connectivity index (χ0) is 35.0. The van der Waals surface area contributed by atoms with Crippen LogP contribution in [0.1, 0.15) is 62.6 Å². The summed E-state index contributed by atoms with van der Waals surface area (Å²) in [5.74, 6) is -2.48. The molecule has 6 aromatic rings. The predicted octanol–water partition coefficient (Wildman–Crippen LogP) is 6.84. The van der Waals surface area contributed by atoms with E-state index in [4.69, 9.17) is 19.1 Å². The number of morpholine rings is 1. The Kier molecular flexibility index (Phi) is 7.54. The molecule has 3 aliphatic rings. The first kappa shape index (κ1) is 31.6. The second kappa shape index (κ2) is 12.2. The van der Waals surface area contributed by atoms with Crippen LogP contribution in [0, 0.1) is 24.4 Å². The molecule has 2 N–H and O–H groups in total. The van der Waals surface area contributed by atoms with Gasteiger partial charge in [-0.2, -0.15) is 0 Å². The number of H-pyrrole nitrogens is 1. The van der Waals surface area contributed by atoms with E-state index in [0.29, 0.717) is 83.2 Å². The third kappa shape index (κ3) is 5.40. The smallest absolute Gasteiger partial charge is 0.388 e. The Hall–Kier alpha value is -5.34. The normalized spacial score (nSPS) is 18.0. The second-order valence-electron chi connectivity index (χ2n) is 13.0. The number of carbonyl (C=O) groups excluding carboxylic acids is 1. The van der Waals surface area contributed by atoms with Crippen LogP contribution in [0.5, 0.6) is 0 Å². The van der Waals surface area contributed by atoms with Crippen molar-refractivity contribution in [3.8, 4) is 21.9 Å². The van der Waals surface area contributed by atoms with Gasteiger partial charge in [0.25, 0.3) is 11.8 Å². The number of nitrogens with one attached hydrogen (secondary N) is 2. The van der Waals surface area contributed by atoms with Crippen molar-refractivity contribution < 1.29 is 27.1 Å². The van der Waals surface area contributed by atoms with Crippen molar-refractivity contribution in [3.05, 3.63) is 116 Å². The van der Waals surface area contributed by atoms with Crippen LogP contribution in [-0.4, -0.2) is 50.7 Å². The Balaban J connectivity index is 1.23. The highest BCUT2D eigenvalue weighted by Gasteiger charge is 2.44. The monoisotopic (exact) mass is 710 g/mol. The molecule has 4 aromatic heterocycles. The van der Waals surface area contributed by atoms with Gasteiger partial charge < -0.3 is 19.4 Å². The summed E-state index contributed by atoms with van der Waals surface area (Å²) in [5.41, 5.74) is 5.55. The summed E-state index contributed by atoms with van der Waals surface area (Å²) in [5, 5.41) is 10.9. The molecule has 0 unspecified atom stereocenters. The van der Waals surface area contributed by atoms with Crippen molar-refractivity contribution in [3.63, 3.8) is 0 Å². The van der Waals surface area contributed by atoms with Crippen LogP contribution in [-0.2, 0) is 24.0 Å². The third-order valence-corrected chi connectivity index (χ3v) is 11.1. The Bertz CT molecular complexity index is 2440. The molecule has 51 heavy (non-hydrogen) atoms. The lowest BCUT2D eigenvalue weighted by Gasteiger charge is -2.29. The molecule has 0 radical (unpaired) electrons. The highest BCUT2D eigenvalue weighted by atomic mass is 32.1. The third-order valence-electron chi connectivity index (χ3n) is 9.88. The first-order valence-electron chi connectivity index (χ1n) is 16.6. The molecule has 2 aromatic carbocycles. The SMILES string of the molecule is Cc1cc2cc(-c3c4c(nc(CCc5ccc(F)cc5)c3-c3n[nH]c(=O)o3)[C@@H]3COCCN3C4=O)sc2c(N[C@H]2CCc3cc(F)c(F)cc32)n1. The highest BCUT2D eigenvalue weighted by Crippen LogP contribution is 2.49. The van der Waals surface area contributed by atoms with Gasteiger partial charge in [0.1, 0.15) is 11.6 Å². The first-order valence-corrected chi connectivity index (χ1v) is 17.4. The number of rotatable bonds is 7. The van der Waals surface area contributed by atoms with Crippen molar-refractivity contribution in [2.24, 2.45) is 0 Å². The van der Waals surface area contributed by atoms with Gasteiger partial charge in [0, 0.05) is 22.7 Å². The van der Waals surface area contributed by atoms with Crippen molar-refractivity contribution in [2.75, 3.05) is 25.1 Å². The van der Waals surface area contributed by atoms with Crippen molar-refractivity contribution in [1.29, 1.82) is 0 Å². The van der Waals surface area contributed by atoms with Crippen LogP contribution in [0.25, 0.3) is 32.0 Å². The largest absolute Gasteiger partial charge is 0.434 e. The number of carbonyl (C=O) groups is 1. The Morgan fingerprint density at radius 1 is 1.00 bits per heavy atom. The minimum Gasteiger partial charge on any atom is -0.388 e. The molecule has 1 amide bonds. The van der Waals surface area contributed by atoms with Crippen LogP contribution in [0.4, 0.5) is 19.0 Å². The van der Waals surface area contributed by atoms with E-state index in [0.717, 1.165) is 26.9 Å². The number of thiophene rings is 1. The van der Waals surface area contributed by atoms with E-state index in [1.807, 2.05) is 19.1 Å². The van der Waals surface area contributed by atoms with Crippen molar-refractivity contribution in [1.82, 2.24) is 25.1 Å². The summed E-state index contributed by atoms with van der Waals surface area (Å²) in [7, 11) is 0. The van der Waals surface area contributed by atoms with Crippen LogP contribution < -0.4 is 11.1 Å². The van der Waals surface area contributed by atoms with Gasteiger partial charge in [-0.05, 0) is 91.1 Å². The zero-order valence-corrected chi connectivity index (χ0v) is 28.0. The van der Waals surface area contributed by atoms with Gasteiger partial charge in [-0.3, -0.25) is 9.78 Å². The van der Waals surface area contributed by atoms with E-state index in [1.165, 1.54) is 35.6 Å². The zero-order valence-electron chi connectivity index (χ0n) is 27.2. The molecule has 6 heterocycles. The fraction of sp³-hybridized carbons (Fsp3) is 0.270. The van der Waals surface area contributed by atoms with Crippen LogP contribution >= 0.6 is 11.3 Å². The average molecular weight is 711 g/mol. The number of nitrogens with zero attached hydrogens (tertiary/aromatic N) is 4.